The van der Waals surface area contributed by atoms with Gasteiger partial charge >= 0.3 is 11.9 Å². The molecular weight excluding hydrogens is 1000 g/mol. The highest BCUT2D eigenvalue weighted by Gasteiger charge is 2.38. The Hall–Kier alpha value is -4.60. The van der Waals surface area contributed by atoms with Crippen molar-refractivity contribution in [2.45, 2.75) is 195 Å². The Morgan fingerprint density at radius 3 is 2.29 bits per heavy atom. The first-order chi connectivity index (χ1) is 36.3. The quantitative estimate of drug-likeness (QED) is 0.0388. The monoisotopic (exact) mass is 1090 g/mol. The zero-order valence-corrected chi connectivity index (χ0v) is 48.1. The van der Waals surface area contributed by atoms with E-state index >= 15 is 0 Å². The molecule has 2 aromatic rings. The lowest BCUT2D eigenvalue weighted by Gasteiger charge is -2.40. The third-order valence-corrected chi connectivity index (χ3v) is 14.8. The molecule has 10 atom stereocenters. The number of methoxy groups -OCH3 is 1. The number of thiazole rings is 1. The highest BCUT2D eigenvalue weighted by molar-refractivity contribution is 7.09. The van der Waals surface area contributed by atoms with Crippen LogP contribution in [0.25, 0.3) is 0 Å². The van der Waals surface area contributed by atoms with Gasteiger partial charge in [0, 0.05) is 57.0 Å². The molecule has 0 radical (unpaired) electrons. The van der Waals surface area contributed by atoms with Crippen LogP contribution < -0.4 is 16.0 Å². The normalized spacial score (nSPS) is 17.5. The van der Waals surface area contributed by atoms with Crippen LogP contribution in [0.15, 0.2) is 29.6 Å². The minimum absolute atomic E-state index is 0.0105. The second-order valence-electron chi connectivity index (χ2n) is 20.6. The number of esters is 2. The number of amides is 4. The molecule has 0 aliphatic carbocycles. The van der Waals surface area contributed by atoms with E-state index in [-0.39, 0.29) is 99.2 Å². The lowest BCUT2D eigenvalue weighted by Crippen LogP contribution is -2.58. The molecule has 4 unspecified atom stereocenters. The zero-order chi connectivity index (χ0) is 56.3. The Balaban J connectivity index is 1.70. The molecule has 2 heterocycles. The summed E-state index contributed by atoms with van der Waals surface area (Å²) in [5.74, 6) is -3.31. The molecule has 0 spiro atoms. The second kappa shape index (κ2) is 35.0. The molecule has 430 valence electrons. The summed E-state index contributed by atoms with van der Waals surface area (Å²) in [4.78, 5) is 89.8. The summed E-state index contributed by atoms with van der Waals surface area (Å²) in [6.07, 6.45) is 4.04. The molecule has 1 fully saturated rings. The molecule has 18 nitrogen and oxygen atoms in total. The summed E-state index contributed by atoms with van der Waals surface area (Å²) in [6.45, 7) is 18.9. The predicted octanol–water partition coefficient (Wildman–Crippen LogP) is 7.31. The Morgan fingerprint density at radius 1 is 0.947 bits per heavy atom. The van der Waals surface area contributed by atoms with Crippen molar-refractivity contribution >= 4 is 46.9 Å². The van der Waals surface area contributed by atoms with Crippen LogP contribution in [0.4, 0.5) is 4.39 Å². The van der Waals surface area contributed by atoms with E-state index in [2.05, 4.69) is 34.7 Å². The number of aliphatic hydroxyl groups is 1. The number of aliphatic hydroxyl groups excluding tert-OH is 1. The van der Waals surface area contributed by atoms with E-state index in [0.29, 0.717) is 43.8 Å². The SMILES string of the molecule is CCCO[C@H](CC(C(C)C)N(CCC)C(=O)[C@@H](NC(=O)[C@H]1CCCCN1C)[C@@H](C)CC)c1nc(C(=O)N[C@@H](Cc2ccc(F)cc2)C[C@H](C)C(=O)OC(C)CNC(=O)CCCC(=O)OCC(OC)OC(CC)CO)cs1. The number of halogens is 1. The smallest absolute Gasteiger partial charge is 0.309 e. The van der Waals surface area contributed by atoms with Gasteiger partial charge in [-0.25, -0.2) is 9.37 Å². The highest BCUT2D eigenvalue weighted by Crippen LogP contribution is 2.32. The average Bonchev–Trinajstić information content (AvgIpc) is 3.90. The summed E-state index contributed by atoms with van der Waals surface area (Å²) < 4.78 is 42.1. The maximum Gasteiger partial charge on any atom is 0.309 e. The van der Waals surface area contributed by atoms with Gasteiger partial charge in [0.15, 0.2) is 6.29 Å². The molecule has 0 bridgehead atoms. The number of rotatable bonds is 36. The molecular formula is C56H91FN6O12S. The van der Waals surface area contributed by atoms with Gasteiger partial charge in [0.2, 0.25) is 17.7 Å². The number of ether oxygens (including phenoxy) is 5. The molecule has 0 saturated carbocycles. The molecule has 3 rings (SSSR count). The van der Waals surface area contributed by atoms with E-state index in [1.54, 1.807) is 31.4 Å². The van der Waals surface area contributed by atoms with E-state index in [9.17, 15) is 38.3 Å². The van der Waals surface area contributed by atoms with Crippen LogP contribution in [0.5, 0.6) is 0 Å². The number of likely N-dealkylation sites (N-methyl/N-ethyl adjacent to an activating group) is 1. The van der Waals surface area contributed by atoms with E-state index in [0.717, 1.165) is 37.8 Å². The average molecular weight is 1090 g/mol. The van der Waals surface area contributed by atoms with Crippen molar-refractivity contribution in [1.29, 1.82) is 0 Å². The van der Waals surface area contributed by atoms with Crippen LogP contribution in [0, 0.1) is 23.6 Å². The predicted molar refractivity (Wildman–Crippen MR) is 290 cm³/mol. The molecule has 1 aliphatic rings. The fourth-order valence-corrected chi connectivity index (χ4v) is 9.93. The minimum Gasteiger partial charge on any atom is -0.461 e. The Bertz CT molecular complexity index is 2060. The number of hydrogen-bond donors (Lipinski definition) is 4. The second-order valence-corrected chi connectivity index (χ2v) is 21.5. The molecule has 1 saturated heterocycles. The summed E-state index contributed by atoms with van der Waals surface area (Å²) in [5.41, 5.74) is 0.900. The van der Waals surface area contributed by atoms with Crippen LogP contribution in [-0.2, 0) is 54.1 Å². The van der Waals surface area contributed by atoms with E-state index in [4.69, 9.17) is 28.7 Å². The van der Waals surface area contributed by atoms with Crippen LogP contribution >= 0.6 is 11.3 Å². The topological polar surface area (TPSA) is 224 Å². The van der Waals surface area contributed by atoms with Gasteiger partial charge in [0.25, 0.3) is 5.91 Å². The fraction of sp³-hybridized carbons (Fsp3) is 0.732. The number of piperidine rings is 1. The summed E-state index contributed by atoms with van der Waals surface area (Å²) >= 11 is 1.30. The number of aromatic nitrogens is 1. The molecule has 4 amide bonds. The van der Waals surface area contributed by atoms with Crippen LogP contribution in [0.2, 0.25) is 0 Å². The van der Waals surface area contributed by atoms with Gasteiger partial charge in [-0.15, -0.1) is 11.3 Å². The van der Waals surface area contributed by atoms with Gasteiger partial charge in [-0.3, -0.25) is 33.7 Å². The lowest BCUT2D eigenvalue weighted by atomic mass is 9.92. The fourth-order valence-electron chi connectivity index (χ4n) is 9.07. The molecule has 1 aromatic heterocycles. The number of nitrogens with zero attached hydrogens (tertiary/aromatic N) is 3. The van der Waals surface area contributed by atoms with E-state index < -0.39 is 66.3 Å². The maximum absolute atomic E-state index is 14.8. The van der Waals surface area contributed by atoms with Gasteiger partial charge in [-0.05, 0) is 101 Å². The number of nitrogens with one attached hydrogen (secondary N) is 3. The van der Waals surface area contributed by atoms with Crippen LogP contribution in [-0.4, -0.2) is 152 Å². The van der Waals surface area contributed by atoms with Crippen molar-refractivity contribution in [3.05, 3.63) is 51.7 Å². The van der Waals surface area contributed by atoms with Crippen molar-refractivity contribution in [3.63, 3.8) is 0 Å². The van der Waals surface area contributed by atoms with Crippen molar-refractivity contribution in [2.75, 3.05) is 53.6 Å². The molecule has 20 heteroatoms. The molecule has 4 N–H and O–H groups in total. The largest absolute Gasteiger partial charge is 0.461 e. The first-order valence-electron chi connectivity index (χ1n) is 27.6. The third-order valence-electron chi connectivity index (χ3n) is 13.9. The van der Waals surface area contributed by atoms with Gasteiger partial charge in [0.1, 0.15) is 41.4 Å². The van der Waals surface area contributed by atoms with Crippen molar-refractivity contribution in [2.24, 2.45) is 17.8 Å². The number of carbonyl (C=O) groups excluding carboxylic acids is 6. The summed E-state index contributed by atoms with van der Waals surface area (Å²) in [6, 6.07) is 4.07. The Morgan fingerprint density at radius 2 is 1.67 bits per heavy atom. The minimum atomic E-state index is -0.831. The van der Waals surface area contributed by atoms with Crippen LogP contribution in [0.1, 0.15) is 167 Å². The third kappa shape index (κ3) is 22.4. The van der Waals surface area contributed by atoms with Gasteiger partial charge in [-0.1, -0.05) is 80.4 Å². The highest BCUT2D eigenvalue weighted by atomic mass is 32.1. The van der Waals surface area contributed by atoms with Crippen LogP contribution in [0.3, 0.4) is 0 Å². The molecule has 1 aromatic carbocycles. The standard InChI is InChI=1S/C56H91FN6O12S/c1-12-26-63(55(69)51(37(7)14-3)61-53(68)45-19-16-17-27-62(45)10)46(36(5)6)31-47(72-28-13-2)54-60-44(35-76-54)52(67)59-42(30-40-22-24-41(57)25-23-40)29-38(8)56(70)74-39(9)32-58-48(65)20-18-21-49(66)73-34-50(71-11)75-43(15-4)33-64/h22-25,35-39,42-43,45-47,50-51,64H,12-21,26-34H2,1-11H3,(H,58,65)(H,59,67)(H,61,68)/t37-,38-,39?,42+,43?,45+,46?,47+,50?,51-/m0/s1. The molecule has 76 heavy (non-hydrogen) atoms. The summed E-state index contributed by atoms with van der Waals surface area (Å²) in [5, 5.41) is 20.6. The van der Waals surface area contributed by atoms with E-state index in [1.807, 2.05) is 46.6 Å². The Kier molecular flexibility index (Phi) is 30.3. The lowest BCUT2D eigenvalue weighted by molar-refractivity contribution is -0.194. The maximum atomic E-state index is 14.8. The van der Waals surface area contributed by atoms with E-state index in [1.165, 1.54) is 30.6 Å². The number of hydrogen-bond acceptors (Lipinski definition) is 15. The number of carbonyl (C=O) groups is 6. The number of likely N-dealkylation sites (tertiary alicyclic amines) is 1. The first-order valence-corrected chi connectivity index (χ1v) is 28.5. The Labute approximate surface area is 455 Å². The summed E-state index contributed by atoms with van der Waals surface area (Å²) in [7, 11) is 3.37. The van der Waals surface area contributed by atoms with Crippen molar-refractivity contribution < 1.29 is 61.9 Å². The number of benzene rings is 1. The zero-order valence-electron chi connectivity index (χ0n) is 47.2. The van der Waals surface area contributed by atoms with Crippen molar-refractivity contribution in [1.82, 2.24) is 30.7 Å². The van der Waals surface area contributed by atoms with Gasteiger partial charge in [0.05, 0.1) is 31.2 Å². The van der Waals surface area contributed by atoms with Gasteiger partial charge in [-0.2, -0.15) is 0 Å². The molecule has 1 aliphatic heterocycles. The van der Waals surface area contributed by atoms with Crippen molar-refractivity contribution in [3.8, 4) is 0 Å². The van der Waals surface area contributed by atoms with Gasteiger partial charge < -0.3 is 49.6 Å². The first kappa shape index (κ1) is 65.7.